The second-order valence-corrected chi connectivity index (χ2v) is 3.65. The van der Waals surface area contributed by atoms with E-state index in [0.717, 1.165) is 30.8 Å². The Labute approximate surface area is 86.8 Å². The van der Waals surface area contributed by atoms with Crippen molar-refractivity contribution in [2.24, 2.45) is 0 Å². The molecule has 0 aliphatic carbocycles. The van der Waals surface area contributed by atoms with E-state index in [1.165, 1.54) is 19.3 Å². The van der Waals surface area contributed by atoms with E-state index in [1.54, 1.807) is 0 Å². The molecule has 1 heterocycles. The molecular formula is C13H20O. The summed E-state index contributed by atoms with van der Waals surface area (Å²) in [6.45, 7) is 5.92. The number of aryl methyl sites for hydroxylation is 2. The van der Waals surface area contributed by atoms with Crippen LogP contribution in [0.3, 0.4) is 0 Å². The van der Waals surface area contributed by atoms with Crippen LogP contribution in [0.1, 0.15) is 44.1 Å². The van der Waals surface area contributed by atoms with Crippen molar-refractivity contribution in [1.29, 1.82) is 0 Å². The normalized spacial score (nSPS) is 10.4. The molecule has 1 aromatic rings. The highest BCUT2D eigenvalue weighted by Crippen LogP contribution is 2.13. The van der Waals surface area contributed by atoms with Crippen molar-refractivity contribution in [3.05, 3.63) is 36.3 Å². The second-order valence-electron chi connectivity index (χ2n) is 3.65. The molecule has 0 saturated carbocycles. The van der Waals surface area contributed by atoms with Crippen LogP contribution in [0.15, 0.2) is 29.2 Å². The maximum atomic E-state index is 5.68. The minimum Gasteiger partial charge on any atom is -0.466 e. The quantitative estimate of drug-likeness (QED) is 0.467. The molecule has 0 spiro atoms. The first-order valence-electron chi connectivity index (χ1n) is 5.55. The zero-order valence-corrected chi connectivity index (χ0v) is 9.09. The van der Waals surface area contributed by atoms with Gasteiger partial charge in [0.05, 0.1) is 0 Å². The van der Waals surface area contributed by atoms with Crippen molar-refractivity contribution in [3.8, 4) is 0 Å². The maximum Gasteiger partial charge on any atom is 0.104 e. The SMILES string of the molecule is C=CCCc1ccc(CCCCC)o1. The van der Waals surface area contributed by atoms with Crippen molar-refractivity contribution < 1.29 is 4.42 Å². The summed E-state index contributed by atoms with van der Waals surface area (Å²) >= 11 is 0. The molecule has 14 heavy (non-hydrogen) atoms. The Hall–Kier alpha value is -0.980. The van der Waals surface area contributed by atoms with Crippen LogP contribution in [-0.4, -0.2) is 0 Å². The first kappa shape index (κ1) is 11.1. The van der Waals surface area contributed by atoms with E-state index in [4.69, 9.17) is 4.42 Å². The molecule has 1 nitrogen and oxygen atoms in total. The molecule has 1 heteroatoms. The predicted molar refractivity (Wildman–Crippen MR) is 60.5 cm³/mol. The largest absolute Gasteiger partial charge is 0.466 e. The van der Waals surface area contributed by atoms with Crippen LogP contribution >= 0.6 is 0 Å². The van der Waals surface area contributed by atoms with E-state index >= 15 is 0 Å². The molecule has 0 bridgehead atoms. The molecule has 0 saturated heterocycles. The Bertz CT molecular complexity index is 260. The lowest BCUT2D eigenvalue weighted by atomic mass is 10.2. The lowest BCUT2D eigenvalue weighted by Crippen LogP contribution is -1.82. The number of hydrogen-bond acceptors (Lipinski definition) is 1. The van der Waals surface area contributed by atoms with E-state index in [9.17, 15) is 0 Å². The number of unbranched alkanes of at least 4 members (excludes halogenated alkanes) is 2. The number of rotatable bonds is 7. The highest BCUT2D eigenvalue weighted by atomic mass is 16.3. The van der Waals surface area contributed by atoms with Gasteiger partial charge in [0.1, 0.15) is 11.5 Å². The fourth-order valence-corrected chi connectivity index (χ4v) is 1.48. The van der Waals surface area contributed by atoms with E-state index in [0.29, 0.717) is 0 Å². The summed E-state index contributed by atoms with van der Waals surface area (Å²) in [6.07, 6.45) is 8.80. The third-order valence-corrected chi connectivity index (χ3v) is 2.34. The summed E-state index contributed by atoms with van der Waals surface area (Å²) in [5, 5.41) is 0. The number of allylic oxidation sites excluding steroid dienone is 1. The van der Waals surface area contributed by atoms with Crippen LogP contribution in [0.5, 0.6) is 0 Å². The molecular weight excluding hydrogens is 172 g/mol. The highest BCUT2D eigenvalue weighted by Gasteiger charge is 2.00. The van der Waals surface area contributed by atoms with Crippen molar-refractivity contribution in [2.45, 2.75) is 45.4 Å². The summed E-state index contributed by atoms with van der Waals surface area (Å²) in [7, 11) is 0. The molecule has 0 radical (unpaired) electrons. The van der Waals surface area contributed by atoms with Crippen molar-refractivity contribution in [2.75, 3.05) is 0 Å². The highest BCUT2D eigenvalue weighted by molar-refractivity contribution is 5.07. The molecule has 0 aliphatic rings. The fraction of sp³-hybridized carbons (Fsp3) is 0.538. The van der Waals surface area contributed by atoms with Gasteiger partial charge in [0, 0.05) is 12.8 Å². The summed E-state index contributed by atoms with van der Waals surface area (Å²) in [4.78, 5) is 0. The Balaban J connectivity index is 2.31. The summed E-state index contributed by atoms with van der Waals surface area (Å²) in [6, 6.07) is 4.19. The minimum absolute atomic E-state index is 0.983. The van der Waals surface area contributed by atoms with Gasteiger partial charge in [-0.15, -0.1) is 6.58 Å². The monoisotopic (exact) mass is 192 g/mol. The lowest BCUT2D eigenvalue weighted by molar-refractivity contribution is 0.457. The molecule has 1 aromatic heterocycles. The van der Waals surface area contributed by atoms with Gasteiger partial charge >= 0.3 is 0 Å². The van der Waals surface area contributed by atoms with Gasteiger partial charge in [-0.1, -0.05) is 25.8 Å². The lowest BCUT2D eigenvalue weighted by Gasteiger charge is -1.95. The zero-order chi connectivity index (χ0) is 10.2. The van der Waals surface area contributed by atoms with E-state index in [2.05, 4.69) is 25.6 Å². The first-order chi connectivity index (χ1) is 6.86. The van der Waals surface area contributed by atoms with Crippen LogP contribution in [0.2, 0.25) is 0 Å². The Morgan fingerprint density at radius 2 is 1.93 bits per heavy atom. The van der Waals surface area contributed by atoms with Crippen LogP contribution in [-0.2, 0) is 12.8 Å². The molecule has 0 fully saturated rings. The van der Waals surface area contributed by atoms with Gasteiger partial charge in [0.15, 0.2) is 0 Å². The average Bonchev–Trinajstić information content (AvgIpc) is 2.63. The van der Waals surface area contributed by atoms with Crippen LogP contribution in [0.25, 0.3) is 0 Å². The fourth-order valence-electron chi connectivity index (χ4n) is 1.48. The van der Waals surface area contributed by atoms with Gasteiger partial charge in [-0.3, -0.25) is 0 Å². The van der Waals surface area contributed by atoms with Gasteiger partial charge in [-0.2, -0.15) is 0 Å². The Morgan fingerprint density at radius 1 is 1.21 bits per heavy atom. The summed E-state index contributed by atoms with van der Waals surface area (Å²) < 4.78 is 5.68. The molecule has 0 aliphatic heterocycles. The predicted octanol–water partition coefficient (Wildman–Crippen LogP) is 4.13. The third kappa shape index (κ3) is 3.82. The summed E-state index contributed by atoms with van der Waals surface area (Å²) in [5.41, 5.74) is 0. The van der Waals surface area contributed by atoms with Gasteiger partial charge in [-0.05, 0) is 25.0 Å². The average molecular weight is 192 g/mol. The molecule has 0 N–H and O–H groups in total. The Morgan fingerprint density at radius 3 is 2.57 bits per heavy atom. The van der Waals surface area contributed by atoms with Crippen LogP contribution in [0, 0.1) is 0 Å². The Kier molecular flexibility index (Phi) is 5.13. The number of furan rings is 1. The standard InChI is InChI=1S/C13H20O/c1-3-5-7-9-13-11-10-12(14-13)8-6-4-2/h4,10-11H,2-3,5-9H2,1H3. The van der Waals surface area contributed by atoms with E-state index < -0.39 is 0 Å². The van der Waals surface area contributed by atoms with Gasteiger partial charge in [0.2, 0.25) is 0 Å². The third-order valence-electron chi connectivity index (χ3n) is 2.34. The van der Waals surface area contributed by atoms with E-state index in [1.807, 2.05) is 6.08 Å². The summed E-state index contributed by atoms with van der Waals surface area (Å²) in [5.74, 6) is 2.23. The molecule has 78 valence electrons. The molecule has 0 aromatic carbocycles. The van der Waals surface area contributed by atoms with Crippen molar-refractivity contribution in [3.63, 3.8) is 0 Å². The van der Waals surface area contributed by atoms with Crippen molar-refractivity contribution in [1.82, 2.24) is 0 Å². The topological polar surface area (TPSA) is 13.1 Å². The van der Waals surface area contributed by atoms with Crippen LogP contribution < -0.4 is 0 Å². The number of hydrogen-bond donors (Lipinski definition) is 0. The second kappa shape index (κ2) is 6.47. The van der Waals surface area contributed by atoms with Crippen molar-refractivity contribution >= 4 is 0 Å². The smallest absolute Gasteiger partial charge is 0.104 e. The van der Waals surface area contributed by atoms with E-state index in [-0.39, 0.29) is 0 Å². The first-order valence-corrected chi connectivity index (χ1v) is 5.55. The van der Waals surface area contributed by atoms with Crippen LogP contribution in [0.4, 0.5) is 0 Å². The van der Waals surface area contributed by atoms with Gasteiger partial charge in [0.25, 0.3) is 0 Å². The van der Waals surface area contributed by atoms with Gasteiger partial charge in [-0.25, -0.2) is 0 Å². The minimum atomic E-state index is 0.983. The zero-order valence-electron chi connectivity index (χ0n) is 9.09. The molecule has 0 amide bonds. The molecule has 1 rings (SSSR count). The maximum absolute atomic E-state index is 5.68. The molecule has 0 unspecified atom stereocenters. The van der Waals surface area contributed by atoms with Gasteiger partial charge < -0.3 is 4.42 Å². The molecule has 0 atom stereocenters.